The molecule has 1 fully saturated rings. The number of halogens is 1. The smallest absolute Gasteiger partial charge is 0.191 e. The van der Waals surface area contributed by atoms with E-state index in [0.29, 0.717) is 18.9 Å². The number of hydrogen-bond acceptors (Lipinski definition) is 4. The molecule has 2 rings (SSSR count). The van der Waals surface area contributed by atoms with Gasteiger partial charge in [-0.3, -0.25) is 0 Å². The highest BCUT2D eigenvalue weighted by Crippen LogP contribution is 2.20. The first-order valence-corrected chi connectivity index (χ1v) is 9.96. The van der Waals surface area contributed by atoms with Crippen molar-refractivity contribution >= 4 is 43.1 Å². The maximum atomic E-state index is 11.5. The van der Waals surface area contributed by atoms with Crippen LogP contribution in [0.4, 0.5) is 0 Å². The second kappa shape index (κ2) is 6.91. The molecule has 112 valence electrons. The van der Waals surface area contributed by atoms with Crippen molar-refractivity contribution in [2.45, 2.75) is 25.9 Å². The van der Waals surface area contributed by atoms with Crippen molar-refractivity contribution in [3.8, 4) is 0 Å². The van der Waals surface area contributed by atoms with Crippen molar-refractivity contribution in [3.05, 3.63) is 20.8 Å². The molecule has 0 spiro atoms. The molecular weight excluding hydrogens is 362 g/mol. The molecule has 1 aromatic rings. The third-order valence-electron chi connectivity index (χ3n) is 2.93. The van der Waals surface area contributed by atoms with Crippen molar-refractivity contribution in [3.63, 3.8) is 0 Å². The molecule has 1 aliphatic rings. The fraction of sp³-hybridized carbons (Fsp3) is 0.583. The fourth-order valence-electron chi connectivity index (χ4n) is 2.02. The van der Waals surface area contributed by atoms with Crippen molar-refractivity contribution in [2.24, 2.45) is 4.99 Å². The van der Waals surface area contributed by atoms with Crippen LogP contribution < -0.4 is 10.6 Å². The van der Waals surface area contributed by atoms with Gasteiger partial charge < -0.3 is 10.6 Å². The highest BCUT2D eigenvalue weighted by atomic mass is 79.9. The van der Waals surface area contributed by atoms with Crippen LogP contribution in [0, 0.1) is 0 Å². The molecule has 0 bridgehead atoms. The van der Waals surface area contributed by atoms with Crippen LogP contribution in [0.3, 0.4) is 0 Å². The zero-order valence-corrected chi connectivity index (χ0v) is 14.4. The number of nitrogens with one attached hydrogen (secondary N) is 2. The average molecular weight is 380 g/mol. The summed E-state index contributed by atoms with van der Waals surface area (Å²) in [4.78, 5) is 5.66. The molecule has 0 aliphatic carbocycles. The summed E-state index contributed by atoms with van der Waals surface area (Å²) >= 11 is 5.06. The largest absolute Gasteiger partial charge is 0.357 e. The molecular formula is C12H18BrN3O2S2. The van der Waals surface area contributed by atoms with Gasteiger partial charge in [0.1, 0.15) is 0 Å². The van der Waals surface area contributed by atoms with E-state index in [4.69, 9.17) is 0 Å². The van der Waals surface area contributed by atoms with E-state index in [-0.39, 0.29) is 17.5 Å². The summed E-state index contributed by atoms with van der Waals surface area (Å²) in [6.45, 7) is 3.33. The van der Waals surface area contributed by atoms with Gasteiger partial charge in [0.2, 0.25) is 0 Å². The fourth-order valence-corrected chi connectivity index (χ4v) is 5.06. The van der Waals surface area contributed by atoms with Crippen LogP contribution in [0.25, 0.3) is 0 Å². The van der Waals surface area contributed by atoms with Gasteiger partial charge in [0.15, 0.2) is 15.8 Å². The molecule has 1 aromatic heterocycles. The number of nitrogens with zero attached hydrogens (tertiary/aromatic N) is 1. The van der Waals surface area contributed by atoms with E-state index in [2.05, 4.69) is 31.6 Å². The van der Waals surface area contributed by atoms with Gasteiger partial charge in [-0.1, -0.05) is 0 Å². The average Bonchev–Trinajstić information content (AvgIpc) is 2.93. The molecule has 8 heteroatoms. The van der Waals surface area contributed by atoms with Crippen LogP contribution in [-0.2, 0) is 16.4 Å². The zero-order chi connectivity index (χ0) is 14.6. The maximum absolute atomic E-state index is 11.5. The molecule has 1 atom stereocenters. The molecule has 1 aliphatic heterocycles. The lowest BCUT2D eigenvalue weighted by molar-refractivity contribution is 0.599. The lowest BCUT2D eigenvalue weighted by Crippen LogP contribution is -2.44. The van der Waals surface area contributed by atoms with Crippen LogP contribution in [0.1, 0.15) is 18.2 Å². The molecule has 0 aromatic carbocycles. The third kappa shape index (κ3) is 4.75. The third-order valence-corrected chi connectivity index (χ3v) is 6.38. The summed E-state index contributed by atoms with van der Waals surface area (Å²) < 4.78 is 24.0. The van der Waals surface area contributed by atoms with Gasteiger partial charge in [-0.25, -0.2) is 13.4 Å². The molecule has 1 unspecified atom stereocenters. The monoisotopic (exact) mass is 379 g/mol. The van der Waals surface area contributed by atoms with E-state index in [0.717, 1.165) is 15.9 Å². The lowest BCUT2D eigenvalue weighted by atomic mass is 10.3. The molecule has 5 nitrogen and oxygen atoms in total. The van der Waals surface area contributed by atoms with Crippen molar-refractivity contribution < 1.29 is 8.42 Å². The second-order valence-corrected chi connectivity index (χ2v) is 8.81. The minimum atomic E-state index is -2.87. The Bertz CT molecular complexity index is 583. The summed E-state index contributed by atoms with van der Waals surface area (Å²) in [5.41, 5.74) is 0. The molecule has 1 saturated heterocycles. The number of hydrogen-bond donors (Lipinski definition) is 2. The summed E-state index contributed by atoms with van der Waals surface area (Å²) in [7, 11) is -2.87. The summed E-state index contributed by atoms with van der Waals surface area (Å²) in [5, 5.41) is 8.38. The lowest BCUT2D eigenvalue weighted by Gasteiger charge is -2.15. The van der Waals surface area contributed by atoms with Crippen molar-refractivity contribution in [1.82, 2.24) is 10.6 Å². The Kier molecular flexibility index (Phi) is 5.45. The van der Waals surface area contributed by atoms with Gasteiger partial charge in [0.05, 0.1) is 18.1 Å². The Labute approximate surface area is 131 Å². The van der Waals surface area contributed by atoms with Gasteiger partial charge in [-0.15, -0.1) is 11.3 Å². The zero-order valence-electron chi connectivity index (χ0n) is 11.2. The number of guanidine groups is 1. The van der Waals surface area contributed by atoms with E-state index in [1.54, 1.807) is 11.3 Å². The van der Waals surface area contributed by atoms with Gasteiger partial charge in [0, 0.05) is 27.3 Å². The van der Waals surface area contributed by atoms with Crippen molar-refractivity contribution in [1.29, 1.82) is 0 Å². The first-order valence-electron chi connectivity index (χ1n) is 6.46. The number of aliphatic imine (C=N–C) groups is 1. The van der Waals surface area contributed by atoms with Crippen LogP contribution in [0.2, 0.25) is 0 Å². The number of sulfone groups is 1. The maximum Gasteiger partial charge on any atom is 0.191 e. The van der Waals surface area contributed by atoms with E-state index in [1.807, 2.05) is 18.4 Å². The van der Waals surface area contributed by atoms with E-state index in [9.17, 15) is 8.42 Å². The normalized spacial score (nSPS) is 21.9. The molecule has 0 radical (unpaired) electrons. The predicted molar refractivity (Wildman–Crippen MR) is 87.0 cm³/mol. The predicted octanol–water partition coefficient (Wildman–Crippen LogP) is 1.75. The Morgan fingerprint density at radius 3 is 2.95 bits per heavy atom. The Morgan fingerprint density at radius 1 is 1.60 bits per heavy atom. The molecule has 2 heterocycles. The highest BCUT2D eigenvalue weighted by Gasteiger charge is 2.28. The molecule has 20 heavy (non-hydrogen) atoms. The van der Waals surface area contributed by atoms with Gasteiger partial charge in [-0.05, 0) is 35.3 Å². The Balaban J connectivity index is 1.96. The van der Waals surface area contributed by atoms with Crippen LogP contribution in [0.15, 0.2) is 20.9 Å². The van der Waals surface area contributed by atoms with Crippen LogP contribution >= 0.6 is 27.3 Å². The van der Waals surface area contributed by atoms with Crippen LogP contribution in [0.5, 0.6) is 0 Å². The van der Waals surface area contributed by atoms with E-state index in [1.165, 1.54) is 0 Å². The van der Waals surface area contributed by atoms with Gasteiger partial charge in [-0.2, -0.15) is 0 Å². The number of rotatable bonds is 4. The first-order chi connectivity index (χ1) is 9.48. The highest BCUT2D eigenvalue weighted by molar-refractivity contribution is 9.10. The van der Waals surface area contributed by atoms with Crippen molar-refractivity contribution in [2.75, 3.05) is 18.1 Å². The van der Waals surface area contributed by atoms with E-state index >= 15 is 0 Å². The first kappa shape index (κ1) is 15.8. The van der Waals surface area contributed by atoms with Gasteiger partial charge >= 0.3 is 0 Å². The molecule has 0 saturated carbocycles. The van der Waals surface area contributed by atoms with Gasteiger partial charge in [0.25, 0.3) is 0 Å². The standard InChI is InChI=1S/C12H18BrN3O2S2/c1-2-14-12(15-6-11-5-9(13)7-19-11)16-10-3-4-20(17,18)8-10/h5,7,10H,2-4,6,8H2,1H3,(H2,14,15,16). The summed E-state index contributed by atoms with van der Waals surface area (Å²) in [6, 6.07) is 2.01. The topological polar surface area (TPSA) is 70.6 Å². The molecule has 2 N–H and O–H groups in total. The minimum Gasteiger partial charge on any atom is -0.357 e. The quantitative estimate of drug-likeness (QED) is 0.617. The Morgan fingerprint density at radius 2 is 2.40 bits per heavy atom. The number of thiophene rings is 1. The summed E-state index contributed by atoms with van der Waals surface area (Å²) in [5.74, 6) is 1.14. The minimum absolute atomic E-state index is 0.0344. The summed E-state index contributed by atoms with van der Waals surface area (Å²) in [6.07, 6.45) is 0.650. The van der Waals surface area contributed by atoms with E-state index < -0.39 is 9.84 Å². The molecule has 0 amide bonds. The van der Waals surface area contributed by atoms with Crippen LogP contribution in [-0.4, -0.2) is 38.5 Å². The second-order valence-electron chi connectivity index (χ2n) is 4.67. The SMILES string of the molecule is CCNC(=NCc1cc(Br)cs1)NC1CCS(=O)(=O)C1. The Hall–Kier alpha value is -0.600.